The number of sulfonamides is 2. The van der Waals surface area contributed by atoms with E-state index in [1.165, 1.54) is 36.4 Å². The van der Waals surface area contributed by atoms with Crippen LogP contribution in [-0.4, -0.2) is 32.7 Å². The molecule has 0 aliphatic carbocycles. The molecule has 1 saturated heterocycles. The number of carbonyl (C=O) groups is 1. The Morgan fingerprint density at radius 1 is 0.889 bits per heavy atom. The van der Waals surface area contributed by atoms with Gasteiger partial charge in [0, 0.05) is 0 Å². The zero-order chi connectivity index (χ0) is 32.0. The second kappa shape index (κ2) is 11.4. The highest BCUT2D eigenvalue weighted by Crippen LogP contribution is 2.33. The lowest BCUT2D eigenvalue weighted by Gasteiger charge is -2.18. The summed E-state index contributed by atoms with van der Waals surface area (Å²) in [5.41, 5.74) is 2.71. The number of rotatable bonds is 8. The molecule has 2 heterocycles. The van der Waals surface area contributed by atoms with E-state index in [1.807, 2.05) is 16.9 Å². The topological polar surface area (TPSA) is 138 Å². The van der Waals surface area contributed by atoms with E-state index in [4.69, 9.17) is 0 Å². The van der Waals surface area contributed by atoms with Crippen molar-refractivity contribution in [2.24, 2.45) is 0 Å². The number of nitrogens with one attached hydrogen (secondary N) is 3. The van der Waals surface area contributed by atoms with Crippen LogP contribution >= 0.6 is 0 Å². The van der Waals surface area contributed by atoms with E-state index < -0.39 is 49.0 Å². The zero-order valence-corrected chi connectivity index (χ0v) is 24.9. The van der Waals surface area contributed by atoms with E-state index in [2.05, 4.69) is 14.7 Å². The number of fused-ring (bicyclic) bond motifs is 1. The third-order valence-electron chi connectivity index (χ3n) is 7.54. The van der Waals surface area contributed by atoms with Gasteiger partial charge in [-0.3, -0.25) is 9.52 Å². The molecule has 6 rings (SSSR count). The van der Waals surface area contributed by atoms with Crippen LogP contribution in [0.25, 0.3) is 22.2 Å². The fraction of sp³-hybridized carbons (Fsp3) is 0.161. The normalized spacial score (nSPS) is 17.3. The van der Waals surface area contributed by atoms with Gasteiger partial charge in [0.25, 0.3) is 0 Å². The Morgan fingerprint density at radius 3 is 2.09 bits per heavy atom. The van der Waals surface area contributed by atoms with Crippen molar-refractivity contribution in [3.8, 4) is 11.1 Å². The molecule has 0 radical (unpaired) electrons. The molecule has 14 heteroatoms. The molecule has 9 nitrogen and oxygen atoms in total. The lowest BCUT2D eigenvalue weighted by molar-refractivity contribution is -0.137. The van der Waals surface area contributed by atoms with Crippen LogP contribution in [0.5, 0.6) is 0 Å². The molecule has 2 unspecified atom stereocenters. The van der Waals surface area contributed by atoms with Crippen molar-refractivity contribution < 1.29 is 34.8 Å². The fourth-order valence-corrected chi connectivity index (χ4v) is 7.85. The van der Waals surface area contributed by atoms with Gasteiger partial charge in [0.05, 0.1) is 34.0 Å². The summed E-state index contributed by atoms with van der Waals surface area (Å²) in [7, 11) is -7.93. The third kappa shape index (κ3) is 6.48. The van der Waals surface area contributed by atoms with Crippen molar-refractivity contribution in [1.82, 2.24) is 19.4 Å². The second-order valence-electron chi connectivity index (χ2n) is 10.6. The minimum absolute atomic E-state index is 0.0572. The smallest absolute Gasteiger partial charge is 0.341 e. The largest absolute Gasteiger partial charge is 0.416 e. The molecule has 1 amide bonds. The van der Waals surface area contributed by atoms with Crippen LogP contribution in [0.15, 0.2) is 102 Å². The summed E-state index contributed by atoms with van der Waals surface area (Å²) in [5, 5.41) is -1.01. The van der Waals surface area contributed by atoms with Gasteiger partial charge in [0.15, 0.2) is 0 Å². The Morgan fingerprint density at radius 2 is 1.51 bits per heavy atom. The number of aromatic amines is 1. The summed E-state index contributed by atoms with van der Waals surface area (Å²) in [6.07, 6.45) is -4.49. The first-order valence-electron chi connectivity index (χ1n) is 13.7. The van der Waals surface area contributed by atoms with Crippen molar-refractivity contribution >= 4 is 37.0 Å². The Labute approximate surface area is 256 Å². The number of imidazole rings is 1. The molecule has 232 valence electrons. The molecule has 1 fully saturated rings. The molecule has 5 aromatic rings. The predicted octanol–water partition coefficient (Wildman–Crippen LogP) is 5.40. The van der Waals surface area contributed by atoms with Crippen molar-refractivity contribution in [3.05, 3.63) is 120 Å². The number of nitrogens with zero attached hydrogens (tertiary/aromatic N) is 1. The van der Waals surface area contributed by atoms with Gasteiger partial charge in [-0.1, -0.05) is 60.7 Å². The van der Waals surface area contributed by atoms with Crippen LogP contribution < -0.4 is 9.44 Å². The average molecular weight is 655 g/mol. The molecule has 0 saturated carbocycles. The van der Waals surface area contributed by atoms with Gasteiger partial charge in [-0.2, -0.15) is 13.2 Å². The molecule has 3 N–H and O–H groups in total. The standard InChI is InChI=1S/C31H25F3N4O5S2/c32-31(33,34)23-13-9-20(10-14-23)21-11-15-24(16-12-21)44(40,41)37-27(30-35-25-3-1-2-4-26(25)36-30)17-19-5-7-22(8-6-19)28-18-29(39)38-45(28,42)43/h1-16,27-28,37H,17-18H2,(H,35,36)(H,38,39). The Balaban J connectivity index is 1.26. The van der Waals surface area contributed by atoms with Crippen LogP contribution in [0.4, 0.5) is 13.2 Å². The summed E-state index contributed by atoms with van der Waals surface area (Å²) in [4.78, 5) is 19.4. The summed E-state index contributed by atoms with van der Waals surface area (Å²) in [6.45, 7) is 0. The summed E-state index contributed by atoms with van der Waals surface area (Å²) < 4.78 is 95.2. The molecular weight excluding hydrogens is 629 g/mol. The maximum absolute atomic E-state index is 13.6. The minimum atomic E-state index is -4.46. The maximum Gasteiger partial charge on any atom is 0.416 e. The summed E-state index contributed by atoms with van der Waals surface area (Å²) >= 11 is 0. The number of amides is 1. The Kier molecular flexibility index (Phi) is 7.75. The van der Waals surface area contributed by atoms with Crippen molar-refractivity contribution in [3.63, 3.8) is 0 Å². The molecule has 45 heavy (non-hydrogen) atoms. The number of aromatic nitrogens is 2. The van der Waals surface area contributed by atoms with Gasteiger partial charge in [-0.15, -0.1) is 0 Å². The highest BCUT2D eigenvalue weighted by atomic mass is 32.2. The monoisotopic (exact) mass is 654 g/mol. The molecule has 4 aromatic carbocycles. The minimum Gasteiger partial charge on any atom is -0.341 e. The lowest BCUT2D eigenvalue weighted by atomic mass is 10.0. The van der Waals surface area contributed by atoms with Gasteiger partial charge in [0.2, 0.25) is 26.0 Å². The first-order valence-corrected chi connectivity index (χ1v) is 16.7. The van der Waals surface area contributed by atoms with Gasteiger partial charge in [-0.25, -0.2) is 26.5 Å². The maximum atomic E-state index is 13.6. The summed E-state index contributed by atoms with van der Waals surface area (Å²) in [6, 6.07) is 23.3. The number of para-hydroxylation sites is 2. The number of halogens is 3. The van der Waals surface area contributed by atoms with E-state index in [9.17, 15) is 34.8 Å². The van der Waals surface area contributed by atoms with E-state index in [-0.39, 0.29) is 17.7 Å². The van der Waals surface area contributed by atoms with Gasteiger partial charge in [-0.05, 0) is 65.1 Å². The highest BCUT2D eigenvalue weighted by Gasteiger charge is 2.37. The average Bonchev–Trinajstić information content (AvgIpc) is 3.56. The van der Waals surface area contributed by atoms with E-state index in [0.717, 1.165) is 12.1 Å². The Bertz CT molecular complexity index is 2060. The van der Waals surface area contributed by atoms with E-state index >= 15 is 0 Å². The van der Waals surface area contributed by atoms with Crippen LogP contribution in [0.2, 0.25) is 0 Å². The summed E-state index contributed by atoms with van der Waals surface area (Å²) in [5.74, 6) is -0.214. The number of H-pyrrole nitrogens is 1. The van der Waals surface area contributed by atoms with Crippen LogP contribution in [0, 0.1) is 0 Å². The van der Waals surface area contributed by atoms with Crippen LogP contribution in [0.3, 0.4) is 0 Å². The molecule has 0 spiro atoms. The van der Waals surface area contributed by atoms with Crippen molar-refractivity contribution in [1.29, 1.82) is 0 Å². The van der Waals surface area contributed by atoms with E-state index in [1.54, 1.807) is 36.4 Å². The van der Waals surface area contributed by atoms with Crippen molar-refractivity contribution in [2.45, 2.75) is 35.2 Å². The zero-order valence-electron chi connectivity index (χ0n) is 23.2. The fourth-order valence-electron chi connectivity index (χ4n) is 5.22. The highest BCUT2D eigenvalue weighted by molar-refractivity contribution is 7.90. The Hall–Kier alpha value is -4.53. The molecule has 0 bridgehead atoms. The number of benzene rings is 4. The number of hydrogen-bond donors (Lipinski definition) is 3. The first kappa shape index (κ1) is 30.5. The third-order valence-corrected chi connectivity index (χ3v) is 10.7. The molecule has 1 aromatic heterocycles. The number of hydrogen-bond acceptors (Lipinski definition) is 6. The van der Waals surface area contributed by atoms with Gasteiger partial charge < -0.3 is 4.98 Å². The lowest BCUT2D eigenvalue weighted by Crippen LogP contribution is -2.31. The molecule has 2 atom stereocenters. The predicted molar refractivity (Wildman–Crippen MR) is 161 cm³/mol. The van der Waals surface area contributed by atoms with Gasteiger partial charge >= 0.3 is 6.18 Å². The molecule has 1 aliphatic rings. The molecular formula is C31H25F3N4O5S2. The second-order valence-corrected chi connectivity index (χ2v) is 14.2. The van der Waals surface area contributed by atoms with Crippen LogP contribution in [0.1, 0.15) is 40.2 Å². The number of alkyl halides is 3. The van der Waals surface area contributed by atoms with Crippen molar-refractivity contribution in [2.75, 3.05) is 0 Å². The number of carbonyl (C=O) groups excluding carboxylic acids is 1. The SMILES string of the molecule is O=C1CC(c2ccc(CC(NS(=O)(=O)c3ccc(-c4ccc(C(F)(F)F)cc4)cc3)c3nc4ccccc4[nH]3)cc2)S(=O)(=O)N1. The first-order chi connectivity index (χ1) is 21.3. The van der Waals surface area contributed by atoms with Gasteiger partial charge in [0.1, 0.15) is 11.1 Å². The van der Waals surface area contributed by atoms with Crippen LogP contribution in [-0.2, 0) is 37.4 Å². The molecule has 1 aliphatic heterocycles. The quantitative estimate of drug-likeness (QED) is 0.205. The van der Waals surface area contributed by atoms with E-state index in [0.29, 0.717) is 39.1 Å².